The lowest BCUT2D eigenvalue weighted by Crippen LogP contribution is -2.61. The minimum absolute atomic E-state index is 0.00970. The van der Waals surface area contributed by atoms with Crippen molar-refractivity contribution in [2.75, 3.05) is 32.8 Å². The number of thiophene rings is 1. The summed E-state index contributed by atoms with van der Waals surface area (Å²) in [7, 11) is 0. The number of halogens is 1. The molecule has 0 aliphatic carbocycles. The van der Waals surface area contributed by atoms with Crippen LogP contribution in [-0.4, -0.2) is 135 Å². The second-order valence-corrected chi connectivity index (χ2v) is 23.5. The van der Waals surface area contributed by atoms with Gasteiger partial charge in [-0.3, -0.25) is 48.1 Å². The van der Waals surface area contributed by atoms with Gasteiger partial charge in [-0.1, -0.05) is 99.1 Å². The molecule has 82 heavy (non-hydrogen) atoms. The van der Waals surface area contributed by atoms with E-state index in [0.29, 0.717) is 46.4 Å². The van der Waals surface area contributed by atoms with Crippen molar-refractivity contribution in [3.05, 3.63) is 153 Å². The summed E-state index contributed by atoms with van der Waals surface area (Å²) in [6.45, 7) is 10.4. The highest BCUT2D eigenvalue weighted by Gasteiger charge is 2.43. The molecule has 2 saturated heterocycles. The Morgan fingerprint density at radius 3 is 2.07 bits per heavy atom. The van der Waals surface area contributed by atoms with Gasteiger partial charge in [0.2, 0.25) is 41.4 Å². The zero-order valence-corrected chi connectivity index (χ0v) is 48.2. The summed E-state index contributed by atoms with van der Waals surface area (Å²) in [5.74, 6) is -3.35. The summed E-state index contributed by atoms with van der Waals surface area (Å²) in [5, 5.41) is 27.3. The molecule has 3 aliphatic rings. The van der Waals surface area contributed by atoms with Crippen molar-refractivity contribution >= 4 is 70.0 Å². The number of nitrogens with zero attached hydrogens (tertiary/aromatic N) is 6. The number of amides is 7. The topological polar surface area (TPSA) is 260 Å². The van der Waals surface area contributed by atoms with Crippen LogP contribution < -0.4 is 31.9 Å². The van der Waals surface area contributed by atoms with Gasteiger partial charge in [0, 0.05) is 65.9 Å². The number of aliphatic imine (C=N–C) groups is 1. The van der Waals surface area contributed by atoms with Crippen LogP contribution in [0.5, 0.6) is 0 Å². The lowest BCUT2D eigenvalue weighted by Gasteiger charge is -2.35. The van der Waals surface area contributed by atoms with E-state index in [1.54, 1.807) is 68.8 Å². The molecule has 0 spiro atoms. The number of rotatable bonds is 10. The van der Waals surface area contributed by atoms with Crippen molar-refractivity contribution in [1.82, 2.24) is 56.5 Å². The molecule has 3 aliphatic heterocycles. The lowest BCUT2D eigenvalue weighted by atomic mass is 9.85. The van der Waals surface area contributed by atoms with Crippen LogP contribution in [0.15, 0.2) is 108 Å². The van der Waals surface area contributed by atoms with E-state index < -0.39 is 96.2 Å². The van der Waals surface area contributed by atoms with Crippen molar-refractivity contribution in [1.29, 1.82) is 0 Å². The second kappa shape index (κ2) is 25.8. The predicted octanol–water partition coefficient (Wildman–Crippen LogP) is 4.98. The van der Waals surface area contributed by atoms with Gasteiger partial charge in [0.15, 0.2) is 5.82 Å². The Hall–Kier alpha value is -8.14. The van der Waals surface area contributed by atoms with Crippen molar-refractivity contribution in [3.8, 4) is 16.1 Å². The van der Waals surface area contributed by atoms with E-state index in [9.17, 15) is 33.6 Å². The second-order valence-electron chi connectivity index (χ2n) is 21.8. The zero-order valence-electron chi connectivity index (χ0n) is 46.6. The number of fused-ring (bicyclic) bond motifs is 4. The fourth-order valence-electron chi connectivity index (χ4n) is 10.3. The molecular formula is C60H67ClN12O8S. The molecule has 20 nitrogen and oxygen atoms in total. The van der Waals surface area contributed by atoms with Gasteiger partial charge >= 0.3 is 0 Å². The van der Waals surface area contributed by atoms with Gasteiger partial charge in [0.1, 0.15) is 53.7 Å². The van der Waals surface area contributed by atoms with E-state index >= 15 is 0 Å². The molecule has 3 aromatic carbocycles. The number of carbonyl (C=O) groups excluding carboxylic acids is 7. The Labute approximate surface area is 484 Å². The molecule has 428 valence electrons. The Bertz CT molecular complexity index is 3360. The third-order valence-corrected chi connectivity index (χ3v) is 16.3. The maximum atomic E-state index is 14.9. The van der Waals surface area contributed by atoms with Crippen molar-refractivity contribution < 1.29 is 38.3 Å². The molecule has 0 radical (unpaired) electrons. The Balaban J connectivity index is 1.02. The van der Waals surface area contributed by atoms with Gasteiger partial charge in [0.25, 0.3) is 0 Å². The van der Waals surface area contributed by atoms with Crippen LogP contribution in [0.3, 0.4) is 0 Å². The first-order valence-corrected chi connectivity index (χ1v) is 28.5. The zero-order chi connectivity index (χ0) is 58.2. The van der Waals surface area contributed by atoms with Crippen LogP contribution in [0, 0.1) is 26.2 Å². The highest BCUT2D eigenvalue weighted by atomic mass is 35.5. The maximum Gasteiger partial charge on any atom is 0.246 e. The van der Waals surface area contributed by atoms with Crippen LogP contribution in [-0.2, 0) is 51.1 Å². The summed E-state index contributed by atoms with van der Waals surface area (Å²) in [5.41, 5.74) is 5.74. The SMILES string of the molecule is Cc1sc2c(c1C)C(c1ccc(Cl)cc1)=N[C@@H](CC(=O)NC[C@H]1NC(=O)[C@@H](Cc3ccncc3)NC(=O)[C@@H](Cc3ccc(-c4ccccc4)cc3)NC(=O)[C@@H]3CCCN3C(=O)C(C(C)(C)C)NC(=O)COCCNC1=O)c1nnc(C)n1-2. The average Bonchev–Trinajstić information content (AvgIpc) is 4.26. The lowest BCUT2D eigenvalue weighted by molar-refractivity contribution is -0.145. The third-order valence-electron chi connectivity index (χ3n) is 14.9. The highest BCUT2D eigenvalue weighted by molar-refractivity contribution is 7.15. The van der Waals surface area contributed by atoms with Crippen molar-refractivity contribution in [2.45, 2.75) is 110 Å². The van der Waals surface area contributed by atoms with Crippen molar-refractivity contribution in [3.63, 3.8) is 0 Å². The monoisotopic (exact) mass is 1150 g/mol. The molecule has 7 amide bonds. The van der Waals surface area contributed by atoms with E-state index in [1.807, 2.05) is 92.1 Å². The summed E-state index contributed by atoms with van der Waals surface area (Å²) < 4.78 is 7.60. The normalized spacial score (nSPS) is 21.5. The molecule has 0 saturated carbocycles. The van der Waals surface area contributed by atoms with E-state index in [2.05, 4.69) is 47.1 Å². The van der Waals surface area contributed by atoms with Gasteiger partial charge in [-0.15, -0.1) is 21.5 Å². The number of carbonyl (C=O) groups is 7. The molecule has 22 heteroatoms. The summed E-state index contributed by atoms with van der Waals surface area (Å²) in [6.07, 6.45) is 3.57. The Morgan fingerprint density at radius 1 is 0.756 bits per heavy atom. The number of benzene rings is 3. The van der Waals surface area contributed by atoms with E-state index in [1.165, 1.54) is 4.90 Å². The number of aromatic nitrogens is 4. The van der Waals surface area contributed by atoms with Gasteiger partial charge in [0.05, 0.1) is 18.7 Å². The van der Waals surface area contributed by atoms with Crippen LogP contribution >= 0.6 is 22.9 Å². The summed E-state index contributed by atoms with van der Waals surface area (Å²) in [4.78, 5) is 113. The van der Waals surface area contributed by atoms with Crippen LogP contribution in [0.1, 0.15) is 90.4 Å². The fourth-order valence-corrected chi connectivity index (χ4v) is 11.7. The smallest absolute Gasteiger partial charge is 0.246 e. The average molecular weight is 1150 g/mol. The van der Waals surface area contributed by atoms with E-state index in [-0.39, 0.29) is 39.0 Å². The van der Waals surface area contributed by atoms with Crippen LogP contribution in [0.4, 0.5) is 0 Å². The molecule has 6 heterocycles. The van der Waals surface area contributed by atoms with Gasteiger partial charge in [-0.05, 0) is 91.1 Å². The number of pyridine rings is 1. The van der Waals surface area contributed by atoms with Gasteiger partial charge in [-0.2, -0.15) is 0 Å². The summed E-state index contributed by atoms with van der Waals surface area (Å²) >= 11 is 7.90. The Morgan fingerprint density at radius 2 is 1.39 bits per heavy atom. The molecular weight excluding hydrogens is 1080 g/mol. The number of ether oxygens (including phenoxy) is 1. The molecule has 6 atom stereocenters. The first-order valence-electron chi connectivity index (χ1n) is 27.4. The van der Waals surface area contributed by atoms with Gasteiger partial charge < -0.3 is 41.5 Å². The van der Waals surface area contributed by atoms with Gasteiger partial charge in [-0.25, -0.2) is 0 Å². The van der Waals surface area contributed by atoms with Crippen LogP contribution in [0.25, 0.3) is 16.1 Å². The molecule has 6 aromatic rings. The largest absolute Gasteiger partial charge is 0.370 e. The number of aryl methyl sites for hydroxylation is 2. The molecule has 0 bridgehead atoms. The van der Waals surface area contributed by atoms with E-state index in [4.69, 9.17) is 21.3 Å². The van der Waals surface area contributed by atoms with Crippen molar-refractivity contribution in [2.24, 2.45) is 10.4 Å². The number of hydrogen-bond acceptors (Lipinski definition) is 13. The Kier molecular flexibility index (Phi) is 18.4. The first-order chi connectivity index (χ1) is 39.3. The third kappa shape index (κ3) is 13.8. The minimum Gasteiger partial charge on any atom is -0.370 e. The maximum absolute atomic E-state index is 14.9. The molecule has 2 fully saturated rings. The highest BCUT2D eigenvalue weighted by Crippen LogP contribution is 2.40. The van der Waals surface area contributed by atoms with E-state index in [0.717, 1.165) is 37.7 Å². The molecule has 3 aromatic heterocycles. The number of hydrogen-bond donors (Lipinski definition) is 6. The molecule has 6 N–H and O–H groups in total. The fraction of sp³-hybridized carbons (Fsp3) is 0.383. The number of nitrogens with one attached hydrogen (secondary N) is 6. The van der Waals surface area contributed by atoms with Crippen LogP contribution in [0.2, 0.25) is 5.02 Å². The summed E-state index contributed by atoms with van der Waals surface area (Å²) in [6, 6.07) is 21.0. The quantitative estimate of drug-likeness (QED) is 0.107. The minimum atomic E-state index is -1.43. The first kappa shape index (κ1) is 58.5. The molecule has 9 rings (SSSR count). The molecule has 1 unspecified atom stereocenters. The predicted molar refractivity (Wildman–Crippen MR) is 310 cm³/mol. The standard InChI is InChI=1S/C60H67ClN12O8S/c1-34-35(2)82-59-50(34)51(41-18-20-42(61)21-19-41)65-43(53-71-70-36(3)73(53)59)31-48(74)64-32-46-54(76)63-26-28-81-33-49(75)69-52(60(4,5)6)58(80)72-27-10-13-47(72)57(79)67-45(29-37-14-16-40(17-15-37)39-11-8-7-9-12-39)55(77)66-44(56(78)68-46)30-38-22-24-62-25-23-38/h7-9,11-12,14-25,43-47,52H,10,13,26-33H2,1-6H3,(H,63,76)(H,64,74)(H,66,77)(H,67,79)(H,68,78)(H,69,75)/t43-,44+,45+,46+,47-,52?/m0/s1.